The first-order chi connectivity index (χ1) is 11.6. The Balaban J connectivity index is 2.14. The van der Waals surface area contributed by atoms with Gasteiger partial charge in [-0.2, -0.15) is 5.10 Å². The highest BCUT2D eigenvalue weighted by atomic mass is 16.5. The van der Waals surface area contributed by atoms with Crippen molar-refractivity contribution in [3.8, 4) is 17.2 Å². The van der Waals surface area contributed by atoms with Crippen LogP contribution in [0.1, 0.15) is 49.4 Å². The number of benzene rings is 1. The Kier molecular flexibility index (Phi) is 6.46. The van der Waals surface area contributed by atoms with Gasteiger partial charge in [-0.05, 0) is 37.8 Å². The second kappa shape index (κ2) is 8.57. The number of hydrogen-bond donors (Lipinski definition) is 1. The fourth-order valence-electron chi connectivity index (χ4n) is 3.03. The summed E-state index contributed by atoms with van der Waals surface area (Å²) in [5.74, 6) is 1.51. The molecule has 1 fully saturated rings. The van der Waals surface area contributed by atoms with E-state index in [4.69, 9.17) is 14.2 Å². The van der Waals surface area contributed by atoms with Crippen LogP contribution in [0.5, 0.6) is 17.2 Å². The number of ether oxygens (including phenoxy) is 3. The predicted octanol–water partition coefficient (Wildman–Crippen LogP) is 3.40. The van der Waals surface area contributed by atoms with Crippen molar-refractivity contribution in [1.82, 2.24) is 5.43 Å². The molecule has 132 valence electrons. The first-order valence-corrected chi connectivity index (χ1v) is 8.25. The van der Waals surface area contributed by atoms with Crippen LogP contribution in [0.4, 0.5) is 0 Å². The van der Waals surface area contributed by atoms with Gasteiger partial charge in [0.15, 0.2) is 11.5 Å². The number of carbonyl (C=O) groups excluding carboxylic acids is 1. The number of hydrazone groups is 1. The van der Waals surface area contributed by atoms with Crippen molar-refractivity contribution < 1.29 is 19.0 Å². The minimum absolute atomic E-state index is 0.301. The Morgan fingerprint density at radius 1 is 1.04 bits per heavy atom. The zero-order chi connectivity index (χ0) is 17.5. The molecule has 6 heteroatoms. The molecule has 6 nitrogen and oxygen atoms in total. The lowest BCUT2D eigenvalue weighted by Crippen LogP contribution is -2.23. The lowest BCUT2D eigenvalue weighted by atomic mass is 9.86. The fourth-order valence-corrected chi connectivity index (χ4v) is 3.03. The van der Waals surface area contributed by atoms with E-state index in [1.165, 1.54) is 40.6 Å². The van der Waals surface area contributed by atoms with Crippen LogP contribution in [0.3, 0.4) is 0 Å². The van der Waals surface area contributed by atoms with E-state index < -0.39 is 0 Å². The Bertz CT molecular complexity index is 582. The molecule has 2 rings (SSSR count). The summed E-state index contributed by atoms with van der Waals surface area (Å²) >= 11 is 0. The van der Waals surface area contributed by atoms with E-state index in [1.54, 1.807) is 12.1 Å². The van der Waals surface area contributed by atoms with Crippen LogP contribution in [-0.2, 0) is 0 Å². The van der Waals surface area contributed by atoms with Crippen LogP contribution in [0.2, 0.25) is 0 Å². The molecule has 0 bridgehead atoms. The zero-order valence-electron chi connectivity index (χ0n) is 14.8. The molecule has 0 aliphatic heterocycles. The summed E-state index contributed by atoms with van der Waals surface area (Å²) < 4.78 is 15.8. The molecule has 1 N–H and O–H groups in total. The van der Waals surface area contributed by atoms with Crippen LogP contribution < -0.4 is 19.6 Å². The topological polar surface area (TPSA) is 69.2 Å². The maximum Gasteiger partial charge on any atom is 0.271 e. The monoisotopic (exact) mass is 334 g/mol. The molecule has 1 saturated carbocycles. The van der Waals surface area contributed by atoms with Crippen molar-refractivity contribution in [2.24, 2.45) is 11.0 Å². The van der Waals surface area contributed by atoms with Gasteiger partial charge in [-0.1, -0.05) is 19.3 Å². The van der Waals surface area contributed by atoms with Crippen LogP contribution in [0, 0.1) is 5.92 Å². The Morgan fingerprint density at radius 3 is 2.12 bits per heavy atom. The molecule has 1 aromatic rings. The van der Waals surface area contributed by atoms with Crippen molar-refractivity contribution in [2.75, 3.05) is 21.3 Å². The number of carbonyl (C=O) groups is 1. The highest BCUT2D eigenvalue weighted by Crippen LogP contribution is 2.38. The van der Waals surface area contributed by atoms with Crippen molar-refractivity contribution in [2.45, 2.75) is 39.0 Å². The van der Waals surface area contributed by atoms with Crippen molar-refractivity contribution in [1.29, 1.82) is 0 Å². The number of nitrogens with one attached hydrogen (secondary N) is 1. The highest BCUT2D eigenvalue weighted by molar-refractivity contribution is 5.96. The Hall–Kier alpha value is -2.24. The van der Waals surface area contributed by atoms with E-state index in [0.29, 0.717) is 28.7 Å². The number of methoxy groups -OCH3 is 3. The summed E-state index contributed by atoms with van der Waals surface area (Å²) in [4.78, 5) is 12.4. The molecule has 1 aliphatic carbocycles. The Morgan fingerprint density at radius 2 is 1.62 bits per heavy atom. The number of hydrogen-bond acceptors (Lipinski definition) is 5. The van der Waals surface area contributed by atoms with Crippen LogP contribution in [0.15, 0.2) is 17.2 Å². The first kappa shape index (κ1) is 18.1. The second-order valence-corrected chi connectivity index (χ2v) is 5.94. The summed E-state index contributed by atoms with van der Waals surface area (Å²) in [6.45, 7) is 1.98. The number of amides is 1. The van der Waals surface area contributed by atoms with Crippen LogP contribution >= 0.6 is 0 Å². The third-order valence-electron chi connectivity index (χ3n) is 4.46. The van der Waals surface area contributed by atoms with Gasteiger partial charge < -0.3 is 14.2 Å². The molecule has 24 heavy (non-hydrogen) atoms. The van der Waals surface area contributed by atoms with Crippen LogP contribution in [-0.4, -0.2) is 32.9 Å². The quantitative estimate of drug-likeness (QED) is 0.639. The minimum Gasteiger partial charge on any atom is -0.493 e. The molecule has 0 radical (unpaired) electrons. The van der Waals surface area contributed by atoms with Gasteiger partial charge >= 0.3 is 0 Å². The van der Waals surface area contributed by atoms with E-state index in [9.17, 15) is 4.79 Å². The Labute approximate surface area is 143 Å². The summed E-state index contributed by atoms with van der Waals surface area (Å²) in [5, 5.41) is 4.28. The SMILES string of the molecule is COc1cc(C(=O)N/N=C(/C)C2CCCCC2)cc(OC)c1OC. The van der Waals surface area contributed by atoms with Crippen molar-refractivity contribution in [3.63, 3.8) is 0 Å². The van der Waals surface area contributed by atoms with Gasteiger partial charge in [-0.25, -0.2) is 5.43 Å². The maximum absolute atomic E-state index is 12.4. The van der Waals surface area contributed by atoms with Gasteiger partial charge in [-0.3, -0.25) is 4.79 Å². The number of rotatable bonds is 6. The fraction of sp³-hybridized carbons (Fsp3) is 0.556. The molecule has 0 aromatic heterocycles. The molecule has 1 amide bonds. The van der Waals surface area contributed by atoms with E-state index in [0.717, 1.165) is 18.6 Å². The summed E-state index contributed by atoms with van der Waals surface area (Å²) in [6, 6.07) is 3.23. The molecule has 1 aliphatic rings. The van der Waals surface area contributed by atoms with E-state index in [-0.39, 0.29) is 5.91 Å². The summed E-state index contributed by atoms with van der Waals surface area (Å²) in [5.41, 5.74) is 4.02. The summed E-state index contributed by atoms with van der Waals surface area (Å²) in [6.07, 6.45) is 6.06. The standard InChI is InChI=1S/C18H26N2O4/c1-12(13-8-6-5-7-9-13)19-20-18(21)14-10-15(22-2)17(24-4)16(11-14)23-3/h10-11,13H,5-9H2,1-4H3,(H,20,21)/b19-12-. The predicted molar refractivity (Wildman–Crippen MR) is 93.2 cm³/mol. The van der Waals surface area contributed by atoms with Crippen molar-refractivity contribution >= 4 is 11.6 Å². The van der Waals surface area contributed by atoms with Gasteiger partial charge in [-0.15, -0.1) is 0 Å². The normalized spacial score (nSPS) is 15.8. The minimum atomic E-state index is -0.301. The van der Waals surface area contributed by atoms with E-state index in [1.807, 2.05) is 6.92 Å². The molecule has 0 heterocycles. The maximum atomic E-state index is 12.4. The van der Waals surface area contributed by atoms with Crippen molar-refractivity contribution in [3.05, 3.63) is 17.7 Å². The molecular formula is C18H26N2O4. The van der Waals surface area contributed by atoms with E-state index >= 15 is 0 Å². The molecular weight excluding hydrogens is 308 g/mol. The second-order valence-electron chi connectivity index (χ2n) is 5.94. The molecule has 0 saturated heterocycles. The lowest BCUT2D eigenvalue weighted by molar-refractivity contribution is 0.0953. The van der Waals surface area contributed by atoms with Crippen LogP contribution in [0.25, 0.3) is 0 Å². The largest absolute Gasteiger partial charge is 0.493 e. The van der Waals surface area contributed by atoms with Gasteiger partial charge in [0.1, 0.15) is 0 Å². The first-order valence-electron chi connectivity index (χ1n) is 8.25. The molecule has 0 atom stereocenters. The summed E-state index contributed by atoms with van der Waals surface area (Å²) in [7, 11) is 4.56. The average Bonchev–Trinajstić information content (AvgIpc) is 2.65. The van der Waals surface area contributed by atoms with Gasteiger partial charge in [0.05, 0.1) is 21.3 Å². The molecule has 1 aromatic carbocycles. The zero-order valence-corrected chi connectivity index (χ0v) is 14.8. The smallest absolute Gasteiger partial charge is 0.271 e. The third-order valence-corrected chi connectivity index (χ3v) is 4.46. The van der Waals surface area contributed by atoms with Gasteiger partial charge in [0.25, 0.3) is 5.91 Å². The van der Waals surface area contributed by atoms with E-state index in [2.05, 4.69) is 10.5 Å². The molecule has 0 unspecified atom stereocenters. The average molecular weight is 334 g/mol. The third kappa shape index (κ3) is 4.19. The lowest BCUT2D eigenvalue weighted by Gasteiger charge is -2.21. The van der Waals surface area contributed by atoms with Gasteiger partial charge in [0.2, 0.25) is 5.75 Å². The highest BCUT2D eigenvalue weighted by Gasteiger charge is 2.18. The molecule has 0 spiro atoms. The number of nitrogens with zero attached hydrogens (tertiary/aromatic N) is 1. The van der Waals surface area contributed by atoms with Gasteiger partial charge in [0, 0.05) is 11.3 Å².